The van der Waals surface area contributed by atoms with E-state index in [4.69, 9.17) is 5.73 Å². The Hall–Kier alpha value is -1.40. The van der Waals surface area contributed by atoms with Gasteiger partial charge in [0.25, 0.3) is 0 Å². The van der Waals surface area contributed by atoms with Gasteiger partial charge in [-0.25, -0.2) is 13.4 Å². The van der Waals surface area contributed by atoms with E-state index in [1.54, 1.807) is 6.20 Å². The first-order valence-electron chi connectivity index (χ1n) is 6.46. The maximum absolute atomic E-state index is 11.9. The number of nitrogens with two attached hydrogens (primary N) is 1. The molecule has 1 atom stereocenters. The minimum atomic E-state index is -2.92. The molecule has 0 amide bonds. The smallest absolute Gasteiger partial charge is 0.153 e. The highest BCUT2D eigenvalue weighted by atomic mass is 32.2. The maximum atomic E-state index is 11.9. The van der Waals surface area contributed by atoms with E-state index in [0.717, 1.165) is 29.7 Å². The summed E-state index contributed by atoms with van der Waals surface area (Å²) in [6, 6.07) is 3.93. The fraction of sp³-hybridized carbons (Fsp3) is 0.462. The standard InChI is InChI=1S/C13H17N3O2S/c14-8-10-3-4-16-11(6-10)9-15-13(16)7-12-2-1-5-19(12,17)18/h3-4,6,9,12H,1-2,5,7-8,14H2. The molecule has 3 rings (SSSR count). The van der Waals surface area contributed by atoms with Crippen LogP contribution in [0.1, 0.15) is 24.2 Å². The fourth-order valence-electron chi connectivity index (χ4n) is 2.67. The molecular formula is C13H17N3O2S. The van der Waals surface area contributed by atoms with Crippen LogP contribution in [0.15, 0.2) is 24.5 Å². The van der Waals surface area contributed by atoms with Gasteiger partial charge in [0.1, 0.15) is 5.82 Å². The molecule has 102 valence electrons. The lowest BCUT2D eigenvalue weighted by Crippen LogP contribution is -2.19. The number of pyridine rings is 1. The highest BCUT2D eigenvalue weighted by Crippen LogP contribution is 2.23. The molecule has 0 aromatic carbocycles. The summed E-state index contributed by atoms with van der Waals surface area (Å²) < 4.78 is 25.7. The summed E-state index contributed by atoms with van der Waals surface area (Å²) in [4.78, 5) is 4.36. The Kier molecular flexibility index (Phi) is 3.06. The van der Waals surface area contributed by atoms with Crippen LogP contribution in [0.25, 0.3) is 5.52 Å². The summed E-state index contributed by atoms with van der Waals surface area (Å²) in [6.07, 6.45) is 5.71. The van der Waals surface area contributed by atoms with Crippen molar-refractivity contribution in [1.29, 1.82) is 0 Å². The summed E-state index contributed by atoms with van der Waals surface area (Å²) in [5, 5.41) is -0.271. The summed E-state index contributed by atoms with van der Waals surface area (Å²) in [6.45, 7) is 0.494. The van der Waals surface area contributed by atoms with E-state index in [2.05, 4.69) is 4.98 Å². The number of hydrogen-bond acceptors (Lipinski definition) is 4. The first kappa shape index (κ1) is 12.6. The second-order valence-corrected chi connectivity index (χ2v) is 7.44. The first-order chi connectivity index (χ1) is 9.10. The molecular weight excluding hydrogens is 262 g/mol. The van der Waals surface area contributed by atoms with E-state index in [9.17, 15) is 8.42 Å². The van der Waals surface area contributed by atoms with Crippen molar-refractivity contribution < 1.29 is 8.42 Å². The van der Waals surface area contributed by atoms with E-state index in [-0.39, 0.29) is 5.25 Å². The maximum Gasteiger partial charge on any atom is 0.153 e. The zero-order chi connectivity index (χ0) is 13.5. The van der Waals surface area contributed by atoms with Crippen molar-refractivity contribution in [1.82, 2.24) is 9.38 Å². The molecule has 2 aromatic heterocycles. The zero-order valence-electron chi connectivity index (χ0n) is 10.6. The van der Waals surface area contributed by atoms with Gasteiger partial charge in [0.2, 0.25) is 0 Å². The van der Waals surface area contributed by atoms with Crippen molar-refractivity contribution in [2.75, 3.05) is 5.75 Å². The molecule has 1 unspecified atom stereocenters. The van der Waals surface area contributed by atoms with Gasteiger partial charge in [-0.15, -0.1) is 0 Å². The molecule has 0 saturated carbocycles. The van der Waals surface area contributed by atoms with Crippen molar-refractivity contribution in [3.8, 4) is 0 Å². The summed E-state index contributed by atoms with van der Waals surface area (Å²) in [5.41, 5.74) is 7.62. The minimum Gasteiger partial charge on any atom is -0.326 e. The molecule has 19 heavy (non-hydrogen) atoms. The highest BCUT2D eigenvalue weighted by molar-refractivity contribution is 7.92. The lowest BCUT2D eigenvalue weighted by molar-refractivity contribution is 0.586. The van der Waals surface area contributed by atoms with E-state index < -0.39 is 9.84 Å². The Labute approximate surface area is 112 Å². The third kappa shape index (κ3) is 2.26. The molecule has 6 heteroatoms. The number of nitrogens with zero attached hydrogens (tertiary/aromatic N) is 2. The Balaban J connectivity index is 1.94. The first-order valence-corrected chi connectivity index (χ1v) is 8.18. The van der Waals surface area contributed by atoms with Crippen molar-refractivity contribution in [3.63, 3.8) is 0 Å². The number of imidazole rings is 1. The number of sulfone groups is 1. The Bertz CT molecular complexity index is 706. The van der Waals surface area contributed by atoms with Gasteiger partial charge in [0.05, 0.1) is 22.7 Å². The third-order valence-electron chi connectivity index (χ3n) is 3.78. The van der Waals surface area contributed by atoms with Gasteiger partial charge < -0.3 is 10.1 Å². The average Bonchev–Trinajstić information content (AvgIpc) is 2.94. The molecule has 2 aromatic rings. The van der Waals surface area contributed by atoms with Gasteiger partial charge in [-0.05, 0) is 30.5 Å². The van der Waals surface area contributed by atoms with E-state index in [0.29, 0.717) is 18.7 Å². The van der Waals surface area contributed by atoms with Gasteiger partial charge in [0.15, 0.2) is 9.84 Å². The van der Waals surface area contributed by atoms with Gasteiger partial charge >= 0.3 is 0 Å². The van der Waals surface area contributed by atoms with Crippen LogP contribution >= 0.6 is 0 Å². The van der Waals surface area contributed by atoms with Crippen molar-refractivity contribution in [2.24, 2.45) is 5.73 Å². The Morgan fingerprint density at radius 2 is 2.32 bits per heavy atom. The lowest BCUT2D eigenvalue weighted by Gasteiger charge is -2.08. The van der Waals surface area contributed by atoms with Crippen molar-refractivity contribution >= 4 is 15.4 Å². The number of fused-ring (bicyclic) bond motifs is 1. The van der Waals surface area contributed by atoms with Crippen LogP contribution in [-0.4, -0.2) is 28.8 Å². The minimum absolute atomic E-state index is 0.271. The van der Waals surface area contributed by atoms with E-state index in [1.807, 2.05) is 22.7 Å². The van der Waals surface area contributed by atoms with Gasteiger partial charge in [-0.1, -0.05) is 0 Å². The summed E-state index contributed by atoms with van der Waals surface area (Å²) in [7, 11) is -2.92. The van der Waals surface area contributed by atoms with Crippen molar-refractivity contribution in [2.45, 2.75) is 31.1 Å². The molecule has 1 saturated heterocycles. The molecule has 1 aliphatic heterocycles. The van der Waals surface area contributed by atoms with Gasteiger partial charge in [0, 0.05) is 19.2 Å². The Morgan fingerprint density at radius 1 is 1.47 bits per heavy atom. The molecule has 0 spiro atoms. The molecule has 0 aliphatic carbocycles. The van der Waals surface area contributed by atoms with E-state index >= 15 is 0 Å². The summed E-state index contributed by atoms with van der Waals surface area (Å²) >= 11 is 0. The molecule has 0 radical (unpaired) electrons. The lowest BCUT2D eigenvalue weighted by atomic mass is 10.2. The number of rotatable bonds is 3. The van der Waals surface area contributed by atoms with Crippen LogP contribution in [0.3, 0.4) is 0 Å². The predicted molar refractivity (Wildman–Crippen MR) is 73.6 cm³/mol. The van der Waals surface area contributed by atoms with E-state index in [1.165, 1.54) is 0 Å². The Morgan fingerprint density at radius 3 is 3.00 bits per heavy atom. The highest BCUT2D eigenvalue weighted by Gasteiger charge is 2.32. The largest absolute Gasteiger partial charge is 0.326 e. The van der Waals surface area contributed by atoms with Crippen LogP contribution in [0, 0.1) is 0 Å². The van der Waals surface area contributed by atoms with Gasteiger partial charge in [-0.3, -0.25) is 0 Å². The SMILES string of the molecule is NCc1ccn2c(CC3CCCS3(=O)=O)ncc2c1. The number of hydrogen-bond donors (Lipinski definition) is 1. The molecule has 2 N–H and O–H groups in total. The van der Waals surface area contributed by atoms with Crippen LogP contribution in [-0.2, 0) is 22.8 Å². The predicted octanol–water partition coefficient (Wildman–Crippen LogP) is 0.913. The molecule has 5 nitrogen and oxygen atoms in total. The fourth-order valence-corrected chi connectivity index (χ4v) is 4.50. The molecule has 1 aliphatic rings. The van der Waals surface area contributed by atoms with Gasteiger partial charge in [-0.2, -0.15) is 0 Å². The third-order valence-corrected chi connectivity index (χ3v) is 6.06. The molecule has 1 fully saturated rings. The van der Waals surface area contributed by atoms with Crippen LogP contribution < -0.4 is 5.73 Å². The quantitative estimate of drug-likeness (QED) is 0.906. The molecule has 3 heterocycles. The van der Waals surface area contributed by atoms with Crippen LogP contribution in [0.2, 0.25) is 0 Å². The topological polar surface area (TPSA) is 77.5 Å². The zero-order valence-corrected chi connectivity index (χ0v) is 11.4. The number of aromatic nitrogens is 2. The summed E-state index contributed by atoms with van der Waals surface area (Å²) in [5.74, 6) is 1.13. The monoisotopic (exact) mass is 279 g/mol. The second kappa shape index (κ2) is 4.61. The second-order valence-electron chi connectivity index (χ2n) is 5.04. The normalized spacial score (nSPS) is 22.1. The van der Waals surface area contributed by atoms with Crippen LogP contribution in [0.5, 0.6) is 0 Å². The van der Waals surface area contributed by atoms with Crippen LogP contribution in [0.4, 0.5) is 0 Å². The average molecular weight is 279 g/mol. The molecule has 0 bridgehead atoms. The van der Waals surface area contributed by atoms with Crippen molar-refractivity contribution in [3.05, 3.63) is 35.9 Å².